The van der Waals surface area contributed by atoms with Gasteiger partial charge in [-0.3, -0.25) is 4.98 Å². The number of rotatable bonds is 2. The van der Waals surface area contributed by atoms with Crippen molar-refractivity contribution in [3.05, 3.63) is 52.9 Å². The maximum Gasteiger partial charge on any atom is 0.149 e. The van der Waals surface area contributed by atoms with Gasteiger partial charge in [0.25, 0.3) is 0 Å². The summed E-state index contributed by atoms with van der Waals surface area (Å²) >= 11 is 5.82. The molecule has 3 rings (SSSR count). The Morgan fingerprint density at radius 1 is 1.24 bits per heavy atom. The fraction of sp³-hybridized carbons (Fsp3) is 0.231. The third-order valence-corrected chi connectivity index (χ3v) is 3.24. The molecule has 0 saturated heterocycles. The van der Waals surface area contributed by atoms with E-state index >= 15 is 0 Å². The zero-order valence-corrected chi connectivity index (χ0v) is 9.98. The van der Waals surface area contributed by atoms with Gasteiger partial charge in [0.15, 0.2) is 0 Å². The number of nitrogens with one attached hydrogen (secondary N) is 1. The Balaban J connectivity index is 1.84. The lowest BCUT2D eigenvalue weighted by atomic mass is 10.1. The van der Waals surface area contributed by atoms with Crippen LogP contribution >= 0.6 is 11.6 Å². The lowest BCUT2D eigenvalue weighted by Gasteiger charge is -2.14. The van der Waals surface area contributed by atoms with Crippen molar-refractivity contribution in [3.8, 4) is 0 Å². The number of fused-ring (bicyclic) bond motifs is 1. The molecule has 0 fully saturated rings. The number of hydrogen-bond donors (Lipinski definition) is 1. The van der Waals surface area contributed by atoms with Crippen LogP contribution in [0.25, 0.3) is 0 Å². The molecular formula is C13H12ClN3. The van der Waals surface area contributed by atoms with Crippen LogP contribution in [0, 0.1) is 0 Å². The number of halogens is 1. The monoisotopic (exact) mass is 245 g/mol. The standard InChI is InChI=1S/C13H12ClN3/c14-12-7-15-8-13(17-12)16-11-6-5-9-3-1-2-4-10(9)11/h1-4,7-8,11H,5-6H2,(H,16,17)/t11-/m0/s1. The maximum absolute atomic E-state index is 5.82. The van der Waals surface area contributed by atoms with Crippen LogP contribution in [0.1, 0.15) is 23.6 Å². The van der Waals surface area contributed by atoms with Gasteiger partial charge in [0.05, 0.1) is 18.4 Å². The minimum absolute atomic E-state index is 0.318. The molecule has 86 valence electrons. The van der Waals surface area contributed by atoms with E-state index in [4.69, 9.17) is 11.6 Å². The van der Waals surface area contributed by atoms with Crippen LogP contribution in [0.2, 0.25) is 5.15 Å². The zero-order chi connectivity index (χ0) is 11.7. The summed E-state index contributed by atoms with van der Waals surface area (Å²) in [6.45, 7) is 0. The van der Waals surface area contributed by atoms with E-state index in [0.29, 0.717) is 11.2 Å². The van der Waals surface area contributed by atoms with Gasteiger partial charge in [-0.05, 0) is 24.0 Å². The van der Waals surface area contributed by atoms with Gasteiger partial charge in [0.1, 0.15) is 11.0 Å². The Bertz CT molecular complexity index is 542. The minimum atomic E-state index is 0.318. The normalized spacial score (nSPS) is 17.8. The summed E-state index contributed by atoms with van der Waals surface area (Å²) < 4.78 is 0. The first-order chi connectivity index (χ1) is 8.33. The zero-order valence-electron chi connectivity index (χ0n) is 9.23. The molecule has 4 heteroatoms. The summed E-state index contributed by atoms with van der Waals surface area (Å²) in [5, 5.41) is 3.80. The Hall–Kier alpha value is -1.61. The van der Waals surface area contributed by atoms with Crippen molar-refractivity contribution in [2.24, 2.45) is 0 Å². The van der Waals surface area contributed by atoms with Crippen LogP contribution in [-0.4, -0.2) is 9.97 Å². The summed E-state index contributed by atoms with van der Waals surface area (Å²) in [4.78, 5) is 8.23. The highest BCUT2D eigenvalue weighted by molar-refractivity contribution is 6.29. The molecule has 0 radical (unpaired) electrons. The molecule has 1 heterocycles. The van der Waals surface area contributed by atoms with E-state index in [1.165, 1.54) is 17.3 Å². The smallest absolute Gasteiger partial charge is 0.149 e. The molecule has 0 unspecified atom stereocenters. The van der Waals surface area contributed by atoms with Crippen LogP contribution in [0.15, 0.2) is 36.7 Å². The third kappa shape index (κ3) is 2.11. The first-order valence-electron chi connectivity index (χ1n) is 5.65. The maximum atomic E-state index is 5.82. The van der Waals surface area contributed by atoms with Crippen molar-refractivity contribution in [2.75, 3.05) is 5.32 Å². The topological polar surface area (TPSA) is 37.8 Å². The van der Waals surface area contributed by atoms with E-state index in [2.05, 4.69) is 39.6 Å². The van der Waals surface area contributed by atoms with Gasteiger partial charge >= 0.3 is 0 Å². The van der Waals surface area contributed by atoms with E-state index in [9.17, 15) is 0 Å². The molecule has 1 aromatic heterocycles. The van der Waals surface area contributed by atoms with Crippen molar-refractivity contribution in [3.63, 3.8) is 0 Å². The van der Waals surface area contributed by atoms with E-state index in [1.807, 2.05) is 0 Å². The molecule has 0 amide bonds. The molecule has 1 atom stereocenters. The van der Waals surface area contributed by atoms with E-state index in [0.717, 1.165) is 18.7 Å². The molecule has 0 spiro atoms. The van der Waals surface area contributed by atoms with Crippen molar-refractivity contribution < 1.29 is 0 Å². The largest absolute Gasteiger partial charge is 0.362 e. The summed E-state index contributed by atoms with van der Waals surface area (Å²) in [6.07, 6.45) is 5.44. The van der Waals surface area contributed by atoms with Crippen molar-refractivity contribution in [1.29, 1.82) is 0 Å². The highest BCUT2D eigenvalue weighted by Gasteiger charge is 2.21. The fourth-order valence-electron chi connectivity index (χ4n) is 2.30. The number of nitrogens with zero attached hydrogens (tertiary/aromatic N) is 2. The summed E-state index contributed by atoms with van der Waals surface area (Å²) in [5.74, 6) is 0.735. The predicted molar refractivity (Wildman–Crippen MR) is 68.2 cm³/mol. The first kappa shape index (κ1) is 10.5. The van der Waals surface area contributed by atoms with Gasteiger partial charge in [0.2, 0.25) is 0 Å². The van der Waals surface area contributed by atoms with Gasteiger partial charge in [-0.2, -0.15) is 0 Å². The molecule has 3 nitrogen and oxygen atoms in total. The third-order valence-electron chi connectivity index (χ3n) is 3.06. The van der Waals surface area contributed by atoms with Crippen LogP contribution in [0.5, 0.6) is 0 Å². The molecule has 2 aromatic rings. The first-order valence-corrected chi connectivity index (χ1v) is 6.02. The van der Waals surface area contributed by atoms with Crippen molar-refractivity contribution >= 4 is 17.4 Å². The van der Waals surface area contributed by atoms with Crippen LogP contribution in [-0.2, 0) is 6.42 Å². The number of anilines is 1. The summed E-state index contributed by atoms with van der Waals surface area (Å²) in [7, 11) is 0. The van der Waals surface area contributed by atoms with Gasteiger partial charge in [-0.15, -0.1) is 0 Å². The second-order valence-corrected chi connectivity index (χ2v) is 4.55. The van der Waals surface area contributed by atoms with Gasteiger partial charge in [-0.25, -0.2) is 4.98 Å². The molecule has 1 aliphatic rings. The average molecular weight is 246 g/mol. The number of hydrogen-bond acceptors (Lipinski definition) is 3. The Morgan fingerprint density at radius 3 is 3.00 bits per heavy atom. The van der Waals surface area contributed by atoms with Gasteiger partial charge < -0.3 is 5.32 Å². The minimum Gasteiger partial charge on any atom is -0.362 e. The molecule has 1 aliphatic carbocycles. The lowest BCUT2D eigenvalue weighted by Crippen LogP contribution is -2.08. The molecule has 0 saturated carbocycles. The Labute approximate surface area is 105 Å². The second-order valence-electron chi connectivity index (χ2n) is 4.16. The summed E-state index contributed by atoms with van der Waals surface area (Å²) in [6, 6.07) is 8.82. The number of aryl methyl sites for hydroxylation is 1. The quantitative estimate of drug-likeness (QED) is 0.883. The lowest BCUT2D eigenvalue weighted by molar-refractivity contribution is 0.756. The van der Waals surface area contributed by atoms with E-state index in [1.54, 1.807) is 6.20 Å². The number of benzene rings is 1. The van der Waals surface area contributed by atoms with Crippen molar-refractivity contribution in [1.82, 2.24) is 9.97 Å². The molecule has 0 aliphatic heterocycles. The molecular weight excluding hydrogens is 234 g/mol. The molecule has 1 aromatic carbocycles. The molecule has 0 bridgehead atoms. The van der Waals surface area contributed by atoms with Crippen LogP contribution < -0.4 is 5.32 Å². The Kier molecular flexibility index (Phi) is 2.69. The van der Waals surface area contributed by atoms with E-state index in [-0.39, 0.29) is 0 Å². The fourth-order valence-corrected chi connectivity index (χ4v) is 2.44. The highest BCUT2D eigenvalue weighted by Crippen LogP contribution is 2.33. The van der Waals surface area contributed by atoms with Gasteiger partial charge in [-0.1, -0.05) is 35.9 Å². The predicted octanol–water partition coefficient (Wildman–Crippen LogP) is 3.23. The second kappa shape index (κ2) is 4.34. The van der Waals surface area contributed by atoms with Gasteiger partial charge in [0, 0.05) is 0 Å². The summed E-state index contributed by atoms with van der Waals surface area (Å²) in [5.41, 5.74) is 2.77. The molecule has 1 N–H and O–H groups in total. The van der Waals surface area contributed by atoms with Crippen LogP contribution in [0.3, 0.4) is 0 Å². The average Bonchev–Trinajstić information content (AvgIpc) is 2.73. The molecule has 17 heavy (non-hydrogen) atoms. The van der Waals surface area contributed by atoms with Crippen molar-refractivity contribution in [2.45, 2.75) is 18.9 Å². The Morgan fingerprint density at radius 2 is 2.12 bits per heavy atom. The van der Waals surface area contributed by atoms with E-state index < -0.39 is 0 Å². The number of aromatic nitrogens is 2. The highest BCUT2D eigenvalue weighted by atomic mass is 35.5. The SMILES string of the molecule is Clc1cncc(N[C@H]2CCc3ccccc32)n1. The van der Waals surface area contributed by atoms with Crippen LogP contribution in [0.4, 0.5) is 5.82 Å².